The molecule has 1 N–H and O–H groups in total. The van der Waals surface area contributed by atoms with E-state index < -0.39 is 0 Å². The number of pyridine rings is 1. The molecule has 2 aliphatic heterocycles. The molecule has 0 bridgehead atoms. The van der Waals surface area contributed by atoms with Crippen LogP contribution in [0.3, 0.4) is 0 Å². The molecule has 5 nitrogen and oxygen atoms in total. The minimum Gasteiger partial charge on any atom is -0.396 e. The number of likely N-dealkylation sites (tertiary alicyclic amines) is 2. The van der Waals surface area contributed by atoms with Gasteiger partial charge in [-0.2, -0.15) is 0 Å². The minimum absolute atomic E-state index is 0.183. The van der Waals surface area contributed by atoms with Gasteiger partial charge in [0, 0.05) is 50.5 Å². The Morgan fingerprint density at radius 3 is 2.56 bits per heavy atom. The Kier molecular flexibility index (Phi) is 6.82. The highest BCUT2D eigenvalue weighted by Gasteiger charge is 2.35. The van der Waals surface area contributed by atoms with Crippen molar-refractivity contribution in [3.63, 3.8) is 0 Å². The lowest BCUT2D eigenvalue weighted by molar-refractivity contribution is -0.130. The third-order valence-corrected chi connectivity index (χ3v) is 5.68. The van der Waals surface area contributed by atoms with Crippen molar-refractivity contribution < 1.29 is 9.90 Å². The van der Waals surface area contributed by atoms with Gasteiger partial charge >= 0.3 is 0 Å². The molecule has 0 aromatic carbocycles. The van der Waals surface area contributed by atoms with Gasteiger partial charge in [-0.15, -0.1) is 0 Å². The standard InChI is InChI=1S/C20H31N3O2/c24-16-18-15-23(20(25)9-8-19-7-3-4-10-21-19)14-17(18)13-22-11-5-1-2-6-12-22/h3-4,7,10,17-18,24H,1-2,5-6,8-9,11-16H2/t17-,18-/m1/s1. The van der Waals surface area contributed by atoms with Gasteiger partial charge in [0.05, 0.1) is 0 Å². The molecule has 1 aromatic heterocycles. The van der Waals surface area contributed by atoms with Crippen LogP contribution >= 0.6 is 0 Å². The first-order chi connectivity index (χ1) is 12.3. The molecule has 2 aliphatic rings. The van der Waals surface area contributed by atoms with Crippen molar-refractivity contribution in [2.75, 3.05) is 39.3 Å². The lowest BCUT2D eigenvalue weighted by atomic mass is 9.96. The van der Waals surface area contributed by atoms with E-state index in [1.165, 1.54) is 38.8 Å². The number of aliphatic hydroxyl groups is 1. The van der Waals surface area contributed by atoms with Gasteiger partial charge in [0.25, 0.3) is 0 Å². The lowest BCUT2D eigenvalue weighted by Crippen LogP contribution is -2.35. The van der Waals surface area contributed by atoms with Crippen LogP contribution in [0.5, 0.6) is 0 Å². The summed E-state index contributed by atoms with van der Waals surface area (Å²) >= 11 is 0. The second-order valence-corrected chi connectivity index (χ2v) is 7.54. The Morgan fingerprint density at radius 1 is 1.12 bits per heavy atom. The van der Waals surface area contributed by atoms with Crippen LogP contribution in [0.4, 0.5) is 0 Å². The molecular weight excluding hydrogens is 314 g/mol. The monoisotopic (exact) mass is 345 g/mol. The van der Waals surface area contributed by atoms with Crippen molar-refractivity contribution in [2.45, 2.75) is 38.5 Å². The van der Waals surface area contributed by atoms with E-state index in [0.717, 1.165) is 18.8 Å². The fraction of sp³-hybridized carbons (Fsp3) is 0.700. The molecule has 0 radical (unpaired) electrons. The summed E-state index contributed by atoms with van der Waals surface area (Å²) in [6.07, 6.45) is 8.20. The zero-order valence-electron chi connectivity index (χ0n) is 15.1. The number of aliphatic hydroxyl groups excluding tert-OH is 1. The molecule has 25 heavy (non-hydrogen) atoms. The molecule has 2 fully saturated rings. The second-order valence-electron chi connectivity index (χ2n) is 7.54. The van der Waals surface area contributed by atoms with Crippen LogP contribution in [0, 0.1) is 11.8 Å². The Balaban J connectivity index is 1.50. The van der Waals surface area contributed by atoms with Crippen molar-refractivity contribution in [1.82, 2.24) is 14.8 Å². The number of nitrogens with zero attached hydrogens (tertiary/aromatic N) is 3. The molecule has 5 heteroatoms. The predicted octanol–water partition coefficient (Wildman–Crippen LogP) is 1.96. The van der Waals surface area contributed by atoms with Crippen molar-refractivity contribution in [1.29, 1.82) is 0 Å². The largest absolute Gasteiger partial charge is 0.396 e. The average Bonchev–Trinajstić information content (AvgIpc) is 2.87. The molecule has 0 aliphatic carbocycles. The summed E-state index contributed by atoms with van der Waals surface area (Å²) in [4.78, 5) is 21.4. The first-order valence-corrected chi connectivity index (χ1v) is 9.77. The highest BCUT2D eigenvalue weighted by atomic mass is 16.3. The minimum atomic E-state index is 0.183. The van der Waals surface area contributed by atoms with Gasteiger partial charge in [-0.1, -0.05) is 18.9 Å². The fourth-order valence-corrected chi connectivity index (χ4v) is 4.15. The molecule has 0 saturated carbocycles. The van der Waals surface area contributed by atoms with E-state index in [-0.39, 0.29) is 18.4 Å². The topological polar surface area (TPSA) is 56.7 Å². The molecular formula is C20H31N3O2. The normalized spacial score (nSPS) is 25.1. The summed E-state index contributed by atoms with van der Waals surface area (Å²) in [5.74, 6) is 0.825. The zero-order chi connectivity index (χ0) is 17.5. The number of amides is 1. The summed E-state index contributed by atoms with van der Waals surface area (Å²) < 4.78 is 0. The van der Waals surface area contributed by atoms with Crippen LogP contribution in [0.25, 0.3) is 0 Å². The van der Waals surface area contributed by atoms with E-state index in [1.54, 1.807) is 6.20 Å². The number of aromatic nitrogens is 1. The highest BCUT2D eigenvalue weighted by molar-refractivity contribution is 5.76. The van der Waals surface area contributed by atoms with Gasteiger partial charge in [-0.3, -0.25) is 9.78 Å². The SMILES string of the molecule is O=C(CCc1ccccn1)N1C[C@@H](CN2CCCCCC2)[C@@H](CO)C1. The van der Waals surface area contributed by atoms with Gasteiger partial charge in [0.1, 0.15) is 0 Å². The van der Waals surface area contributed by atoms with Crippen LogP contribution in [-0.4, -0.2) is 65.1 Å². The maximum Gasteiger partial charge on any atom is 0.222 e. The third kappa shape index (κ3) is 5.25. The Hall–Kier alpha value is -1.46. The van der Waals surface area contributed by atoms with E-state index >= 15 is 0 Å². The Bertz CT molecular complexity index is 529. The molecule has 1 aromatic rings. The van der Waals surface area contributed by atoms with E-state index in [0.29, 0.717) is 25.3 Å². The van der Waals surface area contributed by atoms with Crippen molar-refractivity contribution in [3.8, 4) is 0 Å². The van der Waals surface area contributed by atoms with Crippen molar-refractivity contribution >= 4 is 5.91 Å². The maximum absolute atomic E-state index is 12.6. The van der Waals surface area contributed by atoms with E-state index in [4.69, 9.17) is 0 Å². The van der Waals surface area contributed by atoms with Gasteiger partial charge < -0.3 is 14.9 Å². The van der Waals surface area contributed by atoms with Crippen molar-refractivity contribution in [3.05, 3.63) is 30.1 Å². The van der Waals surface area contributed by atoms with Gasteiger partial charge in [-0.05, 0) is 50.4 Å². The number of hydrogen-bond acceptors (Lipinski definition) is 4. The molecule has 0 spiro atoms. The second kappa shape index (κ2) is 9.30. The summed E-state index contributed by atoms with van der Waals surface area (Å²) in [5.41, 5.74) is 0.967. The van der Waals surface area contributed by atoms with Gasteiger partial charge in [0.2, 0.25) is 5.91 Å². The maximum atomic E-state index is 12.6. The fourth-order valence-electron chi connectivity index (χ4n) is 4.15. The van der Waals surface area contributed by atoms with E-state index in [1.807, 2.05) is 23.1 Å². The van der Waals surface area contributed by atoms with Gasteiger partial charge in [-0.25, -0.2) is 0 Å². The smallest absolute Gasteiger partial charge is 0.222 e. The Labute approximate surface area is 151 Å². The molecule has 3 heterocycles. The summed E-state index contributed by atoms with van der Waals surface area (Å²) in [6, 6.07) is 5.82. The highest BCUT2D eigenvalue weighted by Crippen LogP contribution is 2.26. The molecule has 2 saturated heterocycles. The number of aryl methyl sites for hydroxylation is 1. The first-order valence-electron chi connectivity index (χ1n) is 9.77. The molecule has 3 rings (SSSR count). The van der Waals surface area contributed by atoms with Crippen LogP contribution < -0.4 is 0 Å². The average molecular weight is 345 g/mol. The summed E-state index contributed by atoms with van der Waals surface area (Å²) in [7, 11) is 0. The molecule has 138 valence electrons. The quantitative estimate of drug-likeness (QED) is 0.856. The predicted molar refractivity (Wildman–Crippen MR) is 98.1 cm³/mol. The summed E-state index contributed by atoms with van der Waals surface area (Å²) in [5, 5.41) is 9.76. The molecule has 0 unspecified atom stereocenters. The lowest BCUT2D eigenvalue weighted by Gasteiger charge is -2.26. The van der Waals surface area contributed by atoms with E-state index in [2.05, 4.69) is 9.88 Å². The molecule has 2 atom stereocenters. The number of carbonyl (C=O) groups is 1. The number of hydrogen-bond donors (Lipinski definition) is 1. The summed E-state index contributed by atoms with van der Waals surface area (Å²) in [6.45, 7) is 5.04. The first kappa shape index (κ1) is 18.3. The number of rotatable bonds is 6. The Morgan fingerprint density at radius 2 is 1.88 bits per heavy atom. The molecule has 1 amide bonds. The third-order valence-electron chi connectivity index (χ3n) is 5.68. The van der Waals surface area contributed by atoms with Gasteiger partial charge in [0.15, 0.2) is 0 Å². The van der Waals surface area contributed by atoms with Crippen LogP contribution in [0.2, 0.25) is 0 Å². The zero-order valence-corrected chi connectivity index (χ0v) is 15.1. The van der Waals surface area contributed by atoms with E-state index in [9.17, 15) is 9.90 Å². The van der Waals surface area contributed by atoms with Crippen LogP contribution in [0.1, 0.15) is 37.8 Å². The number of carbonyl (C=O) groups excluding carboxylic acids is 1. The van der Waals surface area contributed by atoms with Crippen molar-refractivity contribution in [2.24, 2.45) is 11.8 Å². The van der Waals surface area contributed by atoms with Crippen LogP contribution in [0.15, 0.2) is 24.4 Å². The van der Waals surface area contributed by atoms with Crippen LogP contribution in [-0.2, 0) is 11.2 Å².